The minimum absolute atomic E-state index is 0.129. The Morgan fingerprint density at radius 1 is 1.47 bits per heavy atom. The highest BCUT2D eigenvalue weighted by atomic mass is 32.1. The average Bonchev–Trinajstić information content (AvgIpc) is 2.32. The third-order valence-electron chi connectivity index (χ3n) is 2.66. The van der Waals surface area contributed by atoms with Gasteiger partial charge in [0.25, 0.3) is 5.56 Å². The Hall–Kier alpha value is -2.08. The number of rotatable bonds is 3. The van der Waals surface area contributed by atoms with Crippen LogP contribution in [-0.2, 0) is 6.54 Å². The van der Waals surface area contributed by atoms with E-state index in [9.17, 15) is 9.18 Å². The van der Waals surface area contributed by atoms with Crippen LogP contribution in [0.1, 0.15) is 16.7 Å². The summed E-state index contributed by atoms with van der Waals surface area (Å²) in [7, 11) is 0. The van der Waals surface area contributed by atoms with Crippen LogP contribution in [0.5, 0.6) is 0 Å². The number of aromatic nitrogens is 2. The van der Waals surface area contributed by atoms with Gasteiger partial charge in [-0.3, -0.25) is 4.79 Å². The second-order valence-corrected chi connectivity index (χ2v) is 4.63. The van der Waals surface area contributed by atoms with E-state index in [4.69, 9.17) is 18.0 Å². The molecule has 0 unspecified atom stereocenters. The van der Waals surface area contributed by atoms with E-state index < -0.39 is 5.82 Å². The first-order chi connectivity index (χ1) is 8.97. The van der Waals surface area contributed by atoms with Crippen molar-refractivity contribution in [1.29, 1.82) is 0 Å². The van der Waals surface area contributed by atoms with E-state index in [1.54, 1.807) is 13.1 Å². The monoisotopic (exact) mass is 277 g/mol. The maximum atomic E-state index is 13.3. The molecular formula is C13H12FN3OS. The standard InChI is InChI=1S/C13H12FN3OS/c1-8-4-12(18)17(16-6-8)7-9-5-10(14)2-3-11(9)13(15)19/h2-6H,7H2,1H3,(H2,15,19). The lowest BCUT2D eigenvalue weighted by atomic mass is 10.1. The van der Waals surface area contributed by atoms with E-state index in [0.717, 1.165) is 5.56 Å². The highest BCUT2D eigenvalue weighted by molar-refractivity contribution is 7.80. The van der Waals surface area contributed by atoms with Crippen LogP contribution in [0, 0.1) is 12.7 Å². The zero-order valence-electron chi connectivity index (χ0n) is 10.3. The largest absolute Gasteiger partial charge is 0.389 e. The summed E-state index contributed by atoms with van der Waals surface area (Å²) < 4.78 is 14.5. The second kappa shape index (κ2) is 5.27. The van der Waals surface area contributed by atoms with Crippen molar-refractivity contribution in [2.45, 2.75) is 13.5 Å². The molecule has 0 amide bonds. The molecule has 0 atom stereocenters. The van der Waals surface area contributed by atoms with Gasteiger partial charge in [-0.15, -0.1) is 0 Å². The molecule has 0 spiro atoms. The first-order valence-electron chi connectivity index (χ1n) is 5.59. The van der Waals surface area contributed by atoms with Gasteiger partial charge >= 0.3 is 0 Å². The minimum atomic E-state index is -0.407. The van der Waals surface area contributed by atoms with Crippen LogP contribution >= 0.6 is 12.2 Å². The number of nitrogens with zero attached hydrogens (tertiary/aromatic N) is 2. The third kappa shape index (κ3) is 3.03. The van der Waals surface area contributed by atoms with Gasteiger partial charge in [0.2, 0.25) is 0 Å². The topological polar surface area (TPSA) is 60.9 Å². The van der Waals surface area contributed by atoms with Gasteiger partial charge in [-0.2, -0.15) is 5.10 Å². The molecule has 1 heterocycles. The summed E-state index contributed by atoms with van der Waals surface area (Å²) >= 11 is 4.91. The third-order valence-corrected chi connectivity index (χ3v) is 2.88. The van der Waals surface area contributed by atoms with E-state index in [0.29, 0.717) is 11.1 Å². The number of nitrogens with two attached hydrogens (primary N) is 1. The second-order valence-electron chi connectivity index (χ2n) is 4.19. The predicted molar refractivity (Wildman–Crippen MR) is 74.6 cm³/mol. The molecule has 1 aromatic carbocycles. The Morgan fingerprint density at radius 2 is 2.21 bits per heavy atom. The lowest BCUT2D eigenvalue weighted by Crippen LogP contribution is -2.24. The fourth-order valence-electron chi connectivity index (χ4n) is 1.74. The molecular weight excluding hydrogens is 265 g/mol. The minimum Gasteiger partial charge on any atom is -0.389 e. The number of hydrogen-bond donors (Lipinski definition) is 1. The summed E-state index contributed by atoms with van der Waals surface area (Å²) in [6.45, 7) is 1.91. The molecule has 2 N–H and O–H groups in total. The fraction of sp³-hybridized carbons (Fsp3) is 0.154. The number of thiocarbonyl (C=S) groups is 1. The Labute approximate surface area is 114 Å². The van der Waals surface area contributed by atoms with E-state index in [-0.39, 0.29) is 17.1 Å². The van der Waals surface area contributed by atoms with Crippen LogP contribution in [0.3, 0.4) is 0 Å². The highest BCUT2D eigenvalue weighted by Gasteiger charge is 2.09. The summed E-state index contributed by atoms with van der Waals surface area (Å²) in [5.74, 6) is -0.407. The molecule has 0 fully saturated rings. The predicted octanol–water partition coefficient (Wildman–Crippen LogP) is 1.37. The average molecular weight is 277 g/mol. The van der Waals surface area contributed by atoms with Crippen molar-refractivity contribution in [3.63, 3.8) is 0 Å². The first-order valence-corrected chi connectivity index (χ1v) is 6.00. The lowest BCUT2D eigenvalue weighted by Gasteiger charge is -2.09. The number of hydrogen-bond acceptors (Lipinski definition) is 3. The van der Waals surface area contributed by atoms with Crippen molar-refractivity contribution in [3.05, 3.63) is 63.3 Å². The summed E-state index contributed by atoms with van der Waals surface area (Å²) in [5, 5.41) is 4.00. The summed E-state index contributed by atoms with van der Waals surface area (Å²) in [4.78, 5) is 11.9. The quantitative estimate of drug-likeness (QED) is 0.861. The van der Waals surface area contributed by atoms with E-state index in [1.807, 2.05) is 0 Å². The molecule has 0 bridgehead atoms. The molecule has 0 aliphatic carbocycles. The first kappa shape index (κ1) is 13.4. The molecule has 1 aromatic heterocycles. The number of benzene rings is 1. The van der Waals surface area contributed by atoms with Gasteiger partial charge in [0.15, 0.2) is 0 Å². The van der Waals surface area contributed by atoms with Crippen molar-refractivity contribution in [3.8, 4) is 0 Å². The normalized spacial score (nSPS) is 10.4. The maximum absolute atomic E-state index is 13.3. The van der Waals surface area contributed by atoms with E-state index >= 15 is 0 Å². The van der Waals surface area contributed by atoms with Gasteiger partial charge in [-0.1, -0.05) is 12.2 Å². The van der Waals surface area contributed by atoms with Crippen LogP contribution in [0.4, 0.5) is 4.39 Å². The van der Waals surface area contributed by atoms with E-state index in [1.165, 1.54) is 28.9 Å². The van der Waals surface area contributed by atoms with E-state index in [2.05, 4.69) is 5.10 Å². The van der Waals surface area contributed by atoms with Gasteiger partial charge in [0.05, 0.1) is 12.7 Å². The van der Waals surface area contributed by atoms with Crippen molar-refractivity contribution in [1.82, 2.24) is 9.78 Å². The smallest absolute Gasteiger partial charge is 0.267 e. The molecule has 0 radical (unpaired) electrons. The molecule has 4 nitrogen and oxygen atoms in total. The molecule has 6 heteroatoms. The molecule has 0 saturated carbocycles. The van der Waals surface area contributed by atoms with Crippen LogP contribution in [0.15, 0.2) is 35.3 Å². The number of halogens is 1. The van der Waals surface area contributed by atoms with Crippen molar-refractivity contribution in [2.75, 3.05) is 0 Å². The Morgan fingerprint density at radius 3 is 2.84 bits per heavy atom. The molecule has 0 aliphatic heterocycles. The molecule has 98 valence electrons. The molecule has 0 saturated heterocycles. The van der Waals surface area contributed by atoms with Gasteiger partial charge in [0.1, 0.15) is 10.8 Å². The summed E-state index contributed by atoms with van der Waals surface area (Å²) in [5.41, 5.74) is 7.18. The van der Waals surface area contributed by atoms with Crippen LogP contribution < -0.4 is 11.3 Å². The zero-order chi connectivity index (χ0) is 14.0. The Balaban J connectivity index is 2.45. The zero-order valence-corrected chi connectivity index (χ0v) is 11.1. The van der Waals surface area contributed by atoms with Crippen molar-refractivity contribution in [2.24, 2.45) is 5.73 Å². The Bertz CT molecular complexity index is 697. The van der Waals surface area contributed by atoms with Gasteiger partial charge in [-0.25, -0.2) is 9.07 Å². The Kier molecular flexibility index (Phi) is 3.71. The lowest BCUT2D eigenvalue weighted by molar-refractivity contribution is 0.609. The maximum Gasteiger partial charge on any atom is 0.267 e. The summed E-state index contributed by atoms with van der Waals surface area (Å²) in [6.07, 6.45) is 1.57. The highest BCUT2D eigenvalue weighted by Crippen LogP contribution is 2.12. The molecule has 2 rings (SSSR count). The molecule has 2 aromatic rings. The van der Waals surface area contributed by atoms with Gasteiger partial charge in [-0.05, 0) is 36.2 Å². The van der Waals surface area contributed by atoms with Gasteiger partial charge < -0.3 is 5.73 Å². The van der Waals surface area contributed by atoms with Crippen molar-refractivity contribution < 1.29 is 4.39 Å². The number of aryl methyl sites for hydroxylation is 1. The SMILES string of the molecule is Cc1cnn(Cc2cc(F)ccc2C(N)=S)c(=O)c1. The molecule has 0 aliphatic rings. The van der Waals surface area contributed by atoms with Crippen molar-refractivity contribution >= 4 is 17.2 Å². The summed E-state index contributed by atoms with van der Waals surface area (Å²) in [6, 6.07) is 5.56. The molecule has 19 heavy (non-hydrogen) atoms. The van der Waals surface area contributed by atoms with Crippen LogP contribution in [0.25, 0.3) is 0 Å². The van der Waals surface area contributed by atoms with Crippen LogP contribution in [0.2, 0.25) is 0 Å². The van der Waals surface area contributed by atoms with Gasteiger partial charge in [0, 0.05) is 11.6 Å². The van der Waals surface area contributed by atoms with Crippen LogP contribution in [-0.4, -0.2) is 14.8 Å². The fourth-order valence-corrected chi connectivity index (χ4v) is 1.94.